The summed E-state index contributed by atoms with van der Waals surface area (Å²) in [4.78, 5) is 27.2. The molecule has 0 spiro atoms. The van der Waals surface area contributed by atoms with Gasteiger partial charge in [-0.25, -0.2) is 0 Å². The smallest absolute Gasteiger partial charge is 0.255 e. The molecule has 1 fully saturated rings. The van der Waals surface area contributed by atoms with Gasteiger partial charge in [-0.2, -0.15) is 0 Å². The molecule has 1 atom stereocenters. The van der Waals surface area contributed by atoms with Gasteiger partial charge in [0.2, 0.25) is 5.91 Å². The Bertz CT molecular complexity index is 1110. The summed E-state index contributed by atoms with van der Waals surface area (Å²) >= 11 is 1.61. The lowest BCUT2D eigenvalue weighted by molar-refractivity contribution is -0.115. The summed E-state index contributed by atoms with van der Waals surface area (Å²) in [6.45, 7) is 6.08. The van der Waals surface area contributed by atoms with E-state index in [1.807, 2.05) is 79.4 Å². The molecule has 1 aliphatic rings. The topological polar surface area (TPSA) is 49.4 Å². The van der Waals surface area contributed by atoms with E-state index < -0.39 is 0 Å². The van der Waals surface area contributed by atoms with Gasteiger partial charge in [0.1, 0.15) is 5.37 Å². The number of carbonyl (C=O) groups is 2. The Morgan fingerprint density at radius 3 is 2.43 bits per heavy atom. The predicted octanol–water partition coefficient (Wildman–Crippen LogP) is 5.64. The lowest BCUT2D eigenvalue weighted by atomic mass is 10.1. The van der Waals surface area contributed by atoms with Crippen molar-refractivity contribution in [3.8, 4) is 0 Å². The number of aryl methyl sites for hydroxylation is 3. The lowest BCUT2D eigenvalue weighted by Crippen LogP contribution is -2.28. The molecule has 3 aromatic carbocycles. The van der Waals surface area contributed by atoms with Gasteiger partial charge in [-0.05, 0) is 62.2 Å². The fourth-order valence-corrected chi connectivity index (χ4v) is 4.84. The summed E-state index contributed by atoms with van der Waals surface area (Å²) in [5.74, 6) is 0.400. The van der Waals surface area contributed by atoms with Gasteiger partial charge in [-0.15, -0.1) is 11.8 Å². The predicted molar refractivity (Wildman–Crippen MR) is 124 cm³/mol. The van der Waals surface area contributed by atoms with E-state index >= 15 is 0 Å². The number of nitrogens with zero attached hydrogens (tertiary/aromatic N) is 1. The molecule has 3 aromatic rings. The molecule has 0 aromatic heterocycles. The Balaban J connectivity index is 1.60. The molecule has 2 amide bonds. The van der Waals surface area contributed by atoms with Crippen molar-refractivity contribution < 1.29 is 9.59 Å². The Hall–Kier alpha value is -3.05. The van der Waals surface area contributed by atoms with Crippen LogP contribution in [-0.4, -0.2) is 17.6 Å². The average molecular weight is 417 g/mol. The van der Waals surface area contributed by atoms with Crippen LogP contribution >= 0.6 is 11.8 Å². The highest BCUT2D eigenvalue weighted by Gasteiger charge is 2.34. The zero-order valence-corrected chi connectivity index (χ0v) is 18.1. The van der Waals surface area contributed by atoms with Crippen LogP contribution in [0.25, 0.3) is 0 Å². The molecular formula is C25H24N2O2S. The van der Waals surface area contributed by atoms with E-state index in [2.05, 4.69) is 18.3 Å². The first kappa shape index (κ1) is 20.2. The number of nitrogens with one attached hydrogen (secondary N) is 1. The van der Waals surface area contributed by atoms with Crippen LogP contribution in [0.1, 0.15) is 38.0 Å². The molecule has 4 nitrogen and oxygen atoms in total. The van der Waals surface area contributed by atoms with Crippen LogP contribution in [0.3, 0.4) is 0 Å². The van der Waals surface area contributed by atoms with Gasteiger partial charge in [-0.3, -0.25) is 14.5 Å². The third-order valence-electron chi connectivity index (χ3n) is 5.22. The van der Waals surface area contributed by atoms with Gasteiger partial charge in [0.05, 0.1) is 5.75 Å². The van der Waals surface area contributed by atoms with Crippen molar-refractivity contribution in [2.75, 3.05) is 16.0 Å². The number of anilines is 2. The van der Waals surface area contributed by atoms with Crippen molar-refractivity contribution in [2.45, 2.75) is 26.1 Å². The van der Waals surface area contributed by atoms with Crippen LogP contribution in [-0.2, 0) is 4.79 Å². The van der Waals surface area contributed by atoms with Crippen LogP contribution in [0, 0.1) is 20.8 Å². The number of hydrogen-bond acceptors (Lipinski definition) is 3. The van der Waals surface area contributed by atoms with Gasteiger partial charge in [0.25, 0.3) is 5.91 Å². The molecule has 152 valence electrons. The van der Waals surface area contributed by atoms with Gasteiger partial charge in [0, 0.05) is 16.9 Å². The van der Waals surface area contributed by atoms with Crippen molar-refractivity contribution in [2.24, 2.45) is 0 Å². The van der Waals surface area contributed by atoms with Crippen molar-refractivity contribution in [3.05, 3.63) is 94.5 Å². The molecule has 1 N–H and O–H groups in total. The molecule has 0 radical (unpaired) electrons. The SMILES string of the molecule is Cc1ccc(C(=O)Nc2cccc([C@@H]3SCC(=O)N3c3ccc(C)cc3C)c2)cc1. The number of thioether (sulfide) groups is 1. The minimum absolute atomic E-state index is 0.103. The van der Waals surface area contributed by atoms with Crippen molar-refractivity contribution >= 4 is 35.0 Å². The molecule has 1 saturated heterocycles. The van der Waals surface area contributed by atoms with E-state index in [0.717, 1.165) is 28.1 Å². The maximum atomic E-state index is 12.7. The van der Waals surface area contributed by atoms with E-state index in [0.29, 0.717) is 11.3 Å². The fraction of sp³-hybridized carbons (Fsp3) is 0.200. The zero-order valence-electron chi connectivity index (χ0n) is 17.3. The minimum Gasteiger partial charge on any atom is -0.322 e. The monoisotopic (exact) mass is 416 g/mol. The molecule has 0 saturated carbocycles. The second-order valence-electron chi connectivity index (χ2n) is 7.66. The van der Waals surface area contributed by atoms with Gasteiger partial charge < -0.3 is 5.32 Å². The Labute approximate surface area is 181 Å². The van der Waals surface area contributed by atoms with Crippen LogP contribution < -0.4 is 10.2 Å². The van der Waals surface area contributed by atoms with Crippen molar-refractivity contribution in [1.29, 1.82) is 0 Å². The van der Waals surface area contributed by atoms with E-state index in [1.54, 1.807) is 11.8 Å². The highest BCUT2D eigenvalue weighted by Crippen LogP contribution is 2.43. The molecule has 0 unspecified atom stereocenters. The highest BCUT2D eigenvalue weighted by atomic mass is 32.2. The Morgan fingerprint density at radius 1 is 0.967 bits per heavy atom. The highest BCUT2D eigenvalue weighted by molar-refractivity contribution is 8.00. The third-order valence-corrected chi connectivity index (χ3v) is 6.44. The maximum Gasteiger partial charge on any atom is 0.255 e. The first-order chi connectivity index (χ1) is 14.4. The van der Waals surface area contributed by atoms with E-state index in [1.165, 1.54) is 5.56 Å². The summed E-state index contributed by atoms with van der Waals surface area (Å²) in [5, 5.41) is 2.86. The van der Waals surface area contributed by atoms with Crippen LogP contribution in [0.5, 0.6) is 0 Å². The first-order valence-electron chi connectivity index (χ1n) is 9.91. The standard InChI is InChI=1S/C25H24N2O2S/c1-16-7-10-19(11-8-16)24(29)26-21-6-4-5-20(14-21)25-27(23(28)15-30-25)22-12-9-17(2)13-18(22)3/h4-14,25H,15H2,1-3H3,(H,26,29)/t25-/m0/s1. The lowest BCUT2D eigenvalue weighted by Gasteiger charge is -2.26. The molecule has 1 aliphatic heterocycles. The number of benzene rings is 3. The second kappa shape index (κ2) is 8.36. The molecular weight excluding hydrogens is 392 g/mol. The van der Waals surface area contributed by atoms with Crippen LogP contribution in [0.2, 0.25) is 0 Å². The summed E-state index contributed by atoms with van der Waals surface area (Å²) < 4.78 is 0. The van der Waals surface area contributed by atoms with Gasteiger partial charge in [0.15, 0.2) is 0 Å². The van der Waals surface area contributed by atoms with Gasteiger partial charge in [-0.1, -0.05) is 47.5 Å². The van der Waals surface area contributed by atoms with E-state index in [4.69, 9.17) is 0 Å². The number of rotatable bonds is 4. The quantitative estimate of drug-likeness (QED) is 0.598. The molecule has 30 heavy (non-hydrogen) atoms. The normalized spacial score (nSPS) is 16.0. The third kappa shape index (κ3) is 4.12. The zero-order chi connectivity index (χ0) is 21.3. The largest absolute Gasteiger partial charge is 0.322 e. The number of hydrogen-bond donors (Lipinski definition) is 1. The molecule has 0 aliphatic carbocycles. The Kier molecular flexibility index (Phi) is 5.64. The number of carbonyl (C=O) groups excluding carboxylic acids is 2. The van der Waals surface area contributed by atoms with Crippen LogP contribution in [0.15, 0.2) is 66.7 Å². The van der Waals surface area contributed by atoms with Crippen LogP contribution in [0.4, 0.5) is 11.4 Å². The van der Waals surface area contributed by atoms with Crippen molar-refractivity contribution in [3.63, 3.8) is 0 Å². The minimum atomic E-state index is -0.145. The summed E-state index contributed by atoms with van der Waals surface area (Å²) in [6.07, 6.45) is 0. The van der Waals surface area contributed by atoms with E-state index in [-0.39, 0.29) is 17.2 Å². The molecule has 1 heterocycles. The fourth-order valence-electron chi connectivity index (χ4n) is 3.68. The first-order valence-corrected chi connectivity index (χ1v) is 11.0. The number of amides is 2. The van der Waals surface area contributed by atoms with E-state index in [9.17, 15) is 9.59 Å². The van der Waals surface area contributed by atoms with Crippen molar-refractivity contribution in [1.82, 2.24) is 0 Å². The summed E-state index contributed by atoms with van der Waals surface area (Å²) in [7, 11) is 0. The maximum absolute atomic E-state index is 12.7. The summed E-state index contributed by atoms with van der Waals surface area (Å²) in [5.41, 5.74) is 6.64. The average Bonchev–Trinajstić information content (AvgIpc) is 3.10. The van der Waals surface area contributed by atoms with Gasteiger partial charge >= 0.3 is 0 Å². The molecule has 4 rings (SSSR count). The molecule has 0 bridgehead atoms. The second-order valence-corrected chi connectivity index (χ2v) is 8.73. The molecule has 5 heteroatoms. The summed E-state index contributed by atoms with van der Waals surface area (Å²) in [6, 6.07) is 21.4. The Morgan fingerprint density at radius 2 is 1.70 bits per heavy atom.